The summed E-state index contributed by atoms with van der Waals surface area (Å²) in [7, 11) is 0. The summed E-state index contributed by atoms with van der Waals surface area (Å²) in [6.07, 6.45) is 4.33. The number of nitrogens with zero attached hydrogens (tertiary/aromatic N) is 1. The summed E-state index contributed by atoms with van der Waals surface area (Å²) in [6, 6.07) is 8.67. The van der Waals surface area contributed by atoms with Gasteiger partial charge < -0.3 is 15.3 Å². The second-order valence-electron chi connectivity index (χ2n) is 9.99. The molecule has 1 aromatic rings. The maximum atomic E-state index is 13.4. The maximum absolute atomic E-state index is 13.4. The number of ketones is 2. The fourth-order valence-corrected chi connectivity index (χ4v) is 4.96. The molecule has 0 saturated carbocycles. The number of aliphatic hydroxyl groups is 1. The Morgan fingerprint density at radius 3 is 2.32 bits per heavy atom. The van der Waals surface area contributed by atoms with Crippen LogP contribution in [0, 0.1) is 5.41 Å². The van der Waals surface area contributed by atoms with E-state index >= 15 is 0 Å². The zero-order valence-electron chi connectivity index (χ0n) is 19.0. The van der Waals surface area contributed by atoms with Crippen LogP contribution in [0.3, 0.4) is 0 Å². The molecule has 1 amide bonds. The lowest BCUT2D eigenvalue weighted by Crippen LogP contribution is -2.53. The van der Waals surface area contributed by atoms with Gasteiger partial charge in [-0.25, -0.2) is 0 Å². The molecule has 2 saturated heterocycles. The van der Waals surface area contributed by atoms with Gasteiger partial charge in [0.2, 0.25) is 5.91 Å². The molecule has 0 bridgehead atoms. The molecular weight excluding hydrogens is 392 g/mol. The summed E-state index contributed by atoms with van der Waals surface area (Å²) in [5.74, 6) is -0.529. The minimum absolute atomic E-state index is 0.0106. The molecule has 0 aromatic heterocycles. The van der Waals surface area contributed by atoms with Crippen molar-refractivity contribution in [2.45, 2.75) is 89.9 Å². The van der Waals surface area contributed by atoms with E-state index in [1.54, 1.807) is 0 Å². The van der Waals surface area contributed by atoms with Gasteiger partial charge in [-0.05, 0) is 49.5 Å². The van der Waals surface area contributed by atoms with Crippen LogP contribution in [0.1, 0.15) is 64.9 Å². The number of carbonyl (C=O) groups is 3. The number of likely N-dealkylation sites (tertiary alicyclic amines) is 1. The second-order valence-corrected chi connectivity index (χ2v) is 9.99. The van der Waals surface area contributed by atoms with Gasteiger partial charge in [0.05, 0.1) is 18.1 Å². The summed E-state index contributed by atoms with van der Waals surface area (Å²) >= 11 is 0. The van der Waals surface area contributed by atoms with Crippen LogP contribution in [0.25, 0.3) is 0 Å². The fraction of sp³-hybridized carbons (Fsp3) is 0.640. The summed E-state index contributed by atoms with van der Waals surface area (Å²) in [6.45, 7) is 5.87. The molecule has 3 rings (SSSR count). The zero-order valence-corrected chi connectivity index (χ0v) is 19.0. The lowest BCUT2D eigenvalue weighted by molar-refractivity contribution is -0.144. The Kier molecular flexibility index (Phi) is 7.65. The number of carbonyl (C=O) groups excluding carboxylic acids is 3. The van der Waals surface area contributed by atoms with Crippen molar-refractivity contribution in [3.8, 4) is 0 Å². The lowest BCUT2D eigenvalue weighted by atomic mass is 9.86. The number of nitrogens with one attached hydrogen (secondary N) is 1. The number of hydrogen-bond donors (Lipinski definition) is 2. The van der Waals surface area contributed by atoms with Crippen LogP contribution in [-0.4, -0.2) is 58.3 Å². The van der Waals surface area contributed by atoms with E-state index in [9.17, 15) is 19.5 Å². The minimum atomic E-state index is -0.692. The molecule has 2 aliphatic rings. The van der Waals surface area contributed by atoms with Gasteiger partial charge in [0.1, 0.15) is 6.61 Å². The van der Waals surface area contributed by atoms with Crippen molar-refractivity contribution in [2.75, 3.05) is 6.61 Å². The van der Waals surface area contributed by atoms with E-state index < -0.39 is 18.7 Å². The number of benzene rings is 1. The Balaban J connectivity index is 1.67. The molecule has 2 N–H and O–H groups in total. The number of amides is 1. The van der Waals surface area contributed by atoms with Crippen molar-refractivity contribution in [1.82, 2.24) is 10.2 Å². The first-order valence-electron chi connectivity index (χ1n) is 11.5. The quantitative estimate of drug-likeness (QED) is 0.665. The van der Waals surface area contributed by atoms with Crippen LogP contribution in [0.4, 0.5) is 0 Å². The van der Waals surface area contributed by atoms with E-state index in [1.807, 2.05) is 30.3 Å². The predicted molar refractivity (Wildman–Crippen MR) is 120 cm³/mol. The second kappa shape index (κ2) is 10.0. The highest BCUT2D eigenvalue weighted by atomic mass is 16.3. The largest absolute Gasteiger partial charge is 0.389 e. The lowest BCUT2D eigenvalue weighted by Gasteiger charge is -2.31. The molecule has 2 aliphatic heterocycles. The minimum Gasteiger partial charge on any atom is -0.389 e. The number of aliphatic hydroxyl groups excluding tert-OH is 1. The summed E-state index contributed by atoms with van der Waals surface area (Å²) in [5, 5.41) is 12.9. The van der Waals surface area contributed by atoms with Crippen molar-refractivity contribution in [2.24, 2.45) is 5.41 Å². The summed E-state index contributed by atoms with van der Waals surface area (Å²) in [5.41, 5.74) is 1.23. The van der Waals surface area contributed by atoms with E-state index in [0.717, 1.165) is 24.8 Å². The van der Waals surface area contributed by atoms with E-state index in [2.05, 4.69) is 26.1 Å². The van der Waals surface area contributed by atoms with Gasteiger partial charge in [-0.2, -0.15) is 0 Å². The van der Waals surface area contributed by atoms with E-state index in [0.29, 0.717) is 19.3 Å². The van der Waals surface area contributed by atoms with Crippen LogP contribution in [0.5, 0.6) is 0 Å². The summed E-state index contributed by atoms with van der Waals surface area (Å²) in [4.78, 5) is 40.3. The third-order valence-corrected chi connectivity index (χ3v) is 6.76. The Morgan fingerprint density at radius 2 is 1.71 bits per heavy atom. The van der Waals surface area contributed by atoms with Gasteiger partial charge in [-0.3, -0.25) is 14.4 Å². The van der Waals surface area contributed by atoms with Gasteiger partial charge in [-0.15, -0.1) is 0 Å². The third-order valence-electron chi connectivity index (χ3n) is 6.76. The fourth-order valence-electron chi connectivity index (χ4n) is 4.96. The van der Waals surface area contributed by atoms with E-state index in [4.69, 9.17) is 0 Å². The monoisotopic (exact) mass is 428 g/mol. The Morgan fingerprint density at radius 1 is 1.03 bits per heavy atom. The molecule has 6 heteroatoms. The number of aryl methyl sites for hydroxylation is 1. The predicted octanol–water partition coefficient (Wildman–Crippen LogP) is 2.67. The molecule has 1 unspecified atom stereocenters. The standard InChI is InChI=1S/C25H36N2O4/c1-25(2,3)22-15-12-18(26-22)24(31)20-14-13-19(21(29)16-28)27(20)23(30)11-7-10-17-8-5-4-6-9-17/h4-6,8-9,18-20,22,26,28H,7,10-16H2,1-3H3/t18-,19+,20-,22?/m0/s1. The molecule has 0 spiro atoms. The Bertz CT molecular complexity index is 786. The van der Waals surface area contributed by atoms with Crippen LogP contribution < -0.4 is 5.32 Å². The molecule has 4 atom stereocenters. The van der Waals surface area contributed by atoms with E-state index in [-0.39, 0.29) is 41.4 Å². The van der Waals surface area contributed by atoms with Gasteiger partial charge in [0, 0.05) is 12.5 Å². The van der Waals surface area contributed by atoms with Crippen molar-refractivity contribution in [3.05, 3.63) is 35.9 Å². The molecular formula is C25H36N2O4. The maximum Gasteiger partial charge on any atom is 0.223 e. The van der Waals surface area contributed by atoms with Crippen LogP contribution in [0.15, 0.2) is 30.3 Å². The normalized spacial score (nSPS) is 26.3. The van der Waals surface area contributed by atoms with Crippen LogP contribution >= 0.6 is 0 Å². The van der Waals surface area contributed by atoms with E-state index in [1.165, 1.54) is 4.90 Å². The zero-order chi connectivity index (χ0) is 22.6. The number of Topliss-reactive ketones (excluding diaryl/α,β-unsaturated/α-hetero) is 2. The van der Waals surface area contributed by atoms with Crippen LogP contribution in [-0.2, 0) is 20.8 Å². The topological polar surface area (TPSA) is 86.7 Å². The van der Waals surface area contributed by atoms with Crippen molar-refractivity contribution < 1.29 is 19.5 Å². The van der Waals surface area contributed by atoms with Crippen molar-refractivity contribution >= 4 is 17.5 Å². The number of rotatable bonds is 8. The molecule has 2 heterocycles. The highest BCUT2D eigenvalue weighted by Crippen LogP contribution is 2.32. The Hall–Kier alpha value is -2.05. The first-order valence-corrected chi connectivity index (χ1v) is 11.5. The highest BCUT2D eigenvalue weighted by Gasteiger charge is 2.46. The van der Waals surface area contributed by atoms with Gasteiger partial charge >= 0.3 is 0 Å². The van der Waals surface area contributed by atoms with Crippen molar-refractivity contribution in [3.63, 3.8) is 0 Å². The molecule has 6 nitrogen and oxygen atoms in total. The smallest absolute Gasteiger partial charge is 0.223 e. The third kappa shape index (κ3) is 5.60. The molecule has 31 heavy (non-hydrogen) atoms. The first-order chi connectivity index (χ1) is 14.7. The molecule has 0 aliphatic carbocycles. The molecule has 170 valence electrons. The Labute approximate surface area is 185 Å². The molecule has 0 radical (unpaired) electrons. The molecule has 2 fully saturated rings. The SMILES string of the molecule is CC(C)(C)C1CC[C@@H](C(=O)[C@@H]2CC[C@H](C(=O)CO)N2C(=O)CCCc2ccccc2)N1. The van der Waals surface area contributed by atoms with Crippen molar-refractivity contribution in [1.29, 1.82) is 0 Å². The van der Waals surface area contributed by atoms with Gasteiger partial charge in [0.15, 0.2) is 11.6 Å². The van der Waals surface area contributed by atoms with Gasteiger partial charge in [-0.1, -0.05) is 51.1 Å². The summed E-state index contributed by atoms with van der Waals surface area (Å²) < 4.78 is 0. The average Bonchev–Trinajstić information content (AvgIpc) is 3.41. The van der Waals surface area contributed by atoms with Gasteiger partial charge in [0.25, 0.3) is 0 Å². The average molecular weight is 429 g/mol. The molecule has 1 aromatic carbocycles. The van der Waals surface area contributed by atoms with Crippen LogP contribution in [0.2, 0.25) is 0 Å². The number of hydrogen-bond acceptors (Lipinski definition) is 5. The first kappa shape index (κ1) is 23.6. The highest BCUT2D eigenvalue weighted by molar-refractivity contribution is 5.97.